The quantitative estimate of drug-likeness (QED) is 0.414. The average molecular weight is 362 g/mol. The lowest BCUT2D eigenvalue weighted by atomic mass is 10.2. The molecule has 140 valence electrons. The van der Waals surface area contributed by atoms with Crippen molar-refractivity contribution in [3.63, 3.8) is 0 Å². The number of imide groups is 1. The molecule has 0 aromatic heterocycles. The highest BCUT2D eigenvalue weighted by molar-refractivity contribution is 5.97. The molecule has 0 saturated heterocycles. The fourth-order valence-corrected chi connectivity index (χ4v) is 1.76. The number of benzene rings is 1. The monoisotopic (exact) mass is 362 g/mol. The Hall–Kier alpha value is -3.29. The molecule has 1 aromatic carbocycles. The summed E-state index contributed by atoms with van der Waals surface area (Å²) in [4.78, 5) is 34.5. The first-order valence-corrected chi connectivity index (χ1v) is 7.74. The summed E-state index contributed by atoms with van der Waals surface area (Å²) < 4.78 is 15.6. The van der Waals surface area contributed by atoms with Crippen LogP contribution in [0, 0.1) is 0 Å². The van der Waals surface area contributed by atoms with E-state index in [-0.39, 0.29) is 0 Å². The maximum absolute atomic E-state index is 11.8. The molecule has 0 bridgehead atoms. The van der Waals surface area contributed by atoms with Gasteiger partial charge in [0.2, 0.25) is 0 Å². The Morgan fingerprint density at radius 2 is 2.00 bits per heavy atom. The lowest BCUT2D eigenvalue weighted by Crippen LogP contribution is -2.43. The summed E-state index contributed by atoms with van der Waals surface area (Å²) in [5, 5.41) is 4.24. The Morgan fingerprint density at radius 3 is 2.62 bits per heavy atom. The van der Waals surface area contributed by atoms with Crippen molar-refractivity contribution < 1.29 is 28.6 Å². The van der Waals surface area contributed by atoms with E-state index in [1.807, 2.05) is 5.32 Å². The van der Waals surface area contributed by atoms with E-state index in [0.717, 1.165) is 0 Å². The van der Waals surface area contributed by atoms with Gasteiger partial charge in [-0.2, -0.15) is 0 Å². The third-order valence-corrected chi connectivity index (χ3v) is 3.08. The van der Waals surface area contributed by atoms with Gasteiger partial charge in [-0.15, -0.1) is 0 Å². The number of urea groups is 1. The van der Waals surface area contributed by atoms with E-state index in [0.29, 0.717) is 23.7 Å². The van der Waals surface area contributed by atoms with Gasteiger partial charge in [0.15, 0.2) is 17.6 Å². The van der Waals surface area contributed by atoms with E-state index < -0.39 is 24.0 Å². The zero-order valence-electron chi connectivity index (χ0n) is 14.9. The lowest BCUT2D eigenvalue weighted by Gasteiger charge is -2.11. The minimum absolute atomic E-state index is 0.341. The number of hydrogen-bond donors (Lipinski definition) is 2. The van der Waals surface area contributed by atoms with Crippen molar-refractivity contribution in [3.8, 4) is 11.5 Å². The molecule has 0 aliphatic heterocycles. The highest BCUT2D eigenvalue weighted by atomic mass is 16.5. The summed E-state index contributed by atoms with van der Waals surface area (Å²) in [6.45, 7) is 5.28. The number of methoxy groups -OCH3 is 1. The van der Waals surface area contributed by atoms with Crippen LogP contribution in [-0.4, -0.2) is 44.8 Å². The summed E-state index contributed by atoms with van der Waals surface area (Å²) in [7, 11) is 2.87. The molecule has 3 amide bonds. The number of nitrogens with one attached hydrogen (secondary N) is 2. The smallest absolute Gasteiger partial charge is 0.331 e. The van der Waals surface area contributed by atoms with E-state index in [1.54, 1.807) is 24.3 Å². The molecule has 1 atom stereocenters. The zero-order valence-corrected chi connectivity index (χ0v) is 14.9. The van der Waals surface area contributed by atoms with E-state index in [1.165, 1.54) is 33.2 Å². The normalized spacial score (nSPS) is 11.3. The lowest BCUT2D eigenvalue weighted by molar-refractivity contribution is -0.149. The molecule has 0 radical (unpaired) electrons. The Labute approximate surface area is 151 Å². The van der Waals surface area contributed by atoms with Gasteiger partial charge < -0.3 is 19.5 Å². The van der Waals surface area contributed by atoms with Crippen LogP contribution in [0.5, 0.6) is 11.5 Å². The van der Waals surface area contributed by atoms with Gasteiger partial charge in [-0.3, -0.25) is 10.1 Å². The number of carbonyl (C=O) groups excluding carboxylic acids is 3. The van der Waals surface area contributed by atoms with Gasteiger partial charge in [0.1, 0.15) is 6.61 Å². The second kappa shape index (κ2) is 10.5. The van der Waals surface area contributed by atoms with Crippen LogP contribution in [0.4, 0.5) is 4.79 Å². The van der Waals surface area contributed by atoms with Gasteiger partial charge in [-0.1, -0.05) is 18.7 Å². The summed E-state index contributed by atoms with van der Waals surface area (Å²) in [6, 6.07) is 4.43. The molecular formula is C18H22N2O6. The first kappa shape index (κ1) is 20.8. The predicted octanol–water partition coefficient (Wildman–Crippen LogP) is 1.66. The SMILES string of the molecule is C=CCOc1ccc(/C=C/C(=O)O[C@H](C)C(=O)NC(=O)NC)cc1OC. The first-order chi connectivity index (χ1) is 12.4. The Morgan fingerprint density at radius 1 is 1.27 bits per heavy atom. The molecule has 26 heavy (non-hydrogen) atoms. The maximum atomic E-state index is 11.8. The van der Waals surface area contributed by atoms with Crippen molar-refractivity contribution in [2.45, 2.75) is 13.0 Å². The van der Waals surface area contributed by atoms with Gasteiger partial charge >= 0.3 is 12.0 Å². The van der Waals surface area contributed by atoms with Crippen molar-refractivity contribution in [1.29, 1.82) is 0 Å². The average Bonchev–Trinajstić information content (AvgIpc) is 2.64. The van der Waals surface area contributed by atoms with Gasteiger partial charge in [0.25, 0.3) is 5.91 Å². The Kier molecular flexibility index (Phi) is 8.42. The molecule has 2 N–H and O–H groups in total. The highest BCUT2D eigenvalue weighted by Crippen LogP contribution is 2.28. The van der Waals surface area contributed by atoms with Crippen LogP contribution < -0.4 is 20.1 Å². The number of hydrogen-bond acceptors (Lipinski definition) is 6. The minimum atomic E-state index is -1.12. The van der Waals surface area contributed by atoms with Gasteiger partial charge in [-0.05, 0) is 30.7 Å². The molecule has 0 fully saturated rings. The molecule has 0 spiro atoms. The van der Waals surface area contributed by atoms with Crippen molar-refractivity contribution in [3.05, 3.63) is 42.5 Å². The molecule has 0 heterocycles. The van der Waals surface area contributed by atoms with E-state index >= 15 is 0 Å². The van der Waals surface area contributed by atoms with E-state index in [2.05, 4.69) is 11.9 Å². The summed E-state index contributed by atoms with van der Waals surface area (Å²) in [5.41, 5.74) is 0.673. The molecule has 1 rings (SSSR count). The number of ether oxygens (including phenoxy) is 3. The molecular weight excluding hydrogens is 340 g/mol. The van der Waals surface area contributed by atoms with Crippen molar-refractivity contribution in [1.82, 2.24) is 10.6 Å². The molecule has 1 aromatic rings. The van der Waals surface area contributed by atoms with Crippen LogP contribution in [0.2, 0.25) is 0 Å². The fraction of sp³-hybridized carbons (Fsp3) is 0.278. The van der Waals surface area contributed by atoms with Crippen molar-refractivity contribution >= 4 is 24.0 Å². The van der Waals surface area contributed by atoms with Crippen molar-refractivity contribution in [2.24, 2.45) is 0 Å². The standard InChI is InChI=1S/C18H22N2O6/c1-5-10-25-14-8-6-13(11-15(14)24-4)7-9-16(21)26-12(2)17(22)20-18(23)19-3/h5-9,11-12H,1,10H2,2-4H3,(H2,19,20,22,23)/b9-7+/t12-/m1/s1. The van der Waals surface area contributed by atoms with Crippen LogP contribution in [0.1, 0.15) is 12.5 Å². The summed E-state index contributed by atoms with van der Waals surface area (Å²) in [5.74, 6) is -0.403. The topological polar surface area (TPSA) is 103 Å². The number of amides is 3. The molecule has 0 unspecified atom stereocenters. The highest BCUT2D eigenvalue weighted by Gasteiger charge is 2.18. The Balaban J connectivity index is 2.68. The summed E-state index contributed by atoms with van der Waals surface area (Å²) in [6.07, 6.45) is 3.17. The largest absolute Gasteiger partial charge is 0.493 e. The molecule has 8 nitrogen and oxygen atoms in total. The molecule has 0 saturated carbocycles. The summed E-state index contributed by atoms with van der Waals surface area (Å²) >= 11 is 0. The third kappa shape index (κ3) is 6.68. The van der Waals surface area contributed by atoms with Crippen LogP contribution in [0.25, 0.3) is 6.08 Å². The second-order valence-electron chi connectivity index (χ2n) is 4.99. The Bertz CT molecular complexity index is 699. The van der Waals surface area contributed by atoms with E-state index in [4.69, 9.17) is 14.2 Å². The molecule has 8 heteroatoms. The van der Waals surface area contributed by atoms with Gasteiger partial charge in [0, 0.05) is 13.1 Å². The van der Waals surface area contributed by atoms with Crippen LogP contribution >= 0.6 is 0 Å². The van der Waals surface area contributed by atoms with Crippen LogP contribution in [0.3, 0.4) is 0 Å². The third-order valence-electron chi connectivity index (χ3n) is 3.08. The number of rotatable bonds is 8. The predicted molar refractivity (Wildman–Crippen MR) is 95.9 cm³/mol. The van der Waals surface area contributed by atoms with Crippen molar-refractivity contribution in [2.75, 3.05) is 20.8 Å². The van der Waals surface area contributed by atoms with Crippen LogP contribution in [-0.2, 0) is 14.3 Å². The van der Waals surface area contributed by atoms with E-state index in [9.17, 15) is 14.4 Å². The van der Waals surface area contributed by atoms with Gasteiger partial charge in [0.05, 0.1) is 7.11 Å². The molecule has 0 aliphatic rings. The zero-order chi connectivity index (χ0) is 19.5. The number of carbonyl (C=O) groups is 3. The molecule has 0 aliphatic carbocycles. The maximum Gasteiger partial charge on any atom is 0.331 e. The van der Waals surface area contributed by atoms with Crippen LogP contribution in [0.15, 0.2) is 36.9 Å². The minimum Gasteiger partial charge on any atom is -0.493 e. The van der Waals surface area contributed by atoms with Gasteiger partial charge in [-0.25, -0.2) is 9.59 Å². The first-order valence-electron chi connectivity index (χ1n) is 7.74. The number of esters is 1. The fourth-order valence-electron chi connectivity index (χ4n) is 1.76. The second-order valence-corrected chi connectivity index (χ2v) is 4.99.